The van der Waals surface area contributed by atoms with Crippen LogP contribution in [0.15, 0.2) is 268 Å². The van der Waals surface area contributed by atoms with Crippen LogP contribution in [0.1, 0.15) is 78.1 Å². The van der Waals surface area contributed by atoms with Gasteiger partial charge in [-0.1, -0.05) is 109 Å². The zero-order valence-corrected chi connectivity index (χ0v) is 56.0. The fraction of sp³-hybridized carbons (Fsp3) is 0.0750. The summed E-state index contributed by atoms with van der Waals surface area (Å²) in [6.45, 7) is 4.30. The van der Waals surface area contributed by atoms with Gasteiger partial charge in [-0.05, 0) is 141 Å². The second kappa shape index (κ2) is 22.4. The molecule has 20 rings (SSSR count). The average molecular weight is 1600 g/mol. The first-order valence-corrected chi connectivity index (χ1v) is 31.3. The molecule has 96 heavy (non-hydrogen) atoms. The SMILES string of the molecule is CN1[CH-]N(C2(c3[c-]c(C4(c5cc[n-]n5)c5ccccc5-c5ccncc54)ccc3)c3ccccc3-c3ccncc32)c2ncccc21.CN1[CH-]N(C2(c3[c-]c(C4(c5cc[n-]n5)c5ccccc5-c5ccncc54)ccc3)c3ccccc3-c3ccncc32)c2ncccc21.[Pt].[Pt]. The summed E-state index contributed by atoms with van der Waals surface area (Å²) in [5, 5.41) is 18.1. The summed E-state index contributed by atoms with van der Waals surface area (Å²) < 4.78 is 0. The first-order valence-electron chi connectivity index (χ1n) is 31.3. The molecule has 0 saturated carbocycles. The number of rotatable bonds is 8. The van der Waals surface area contributed by atoms with E-state index in [-0.39, 0.29) is 42.1 Å². The van der Waals surface area contributed by atoms with Crippen LogP contribution in [0.3, 0.4) is 0 Å². The molecule has 0 radical (unpaired) electrons. The third-order valence-corrected chi connectivity index (χ3v) is 20.3. The van der Waals surface area contributed by atoms with Gasteiger partial charge in [0.25, 0.3) is 0 Å². The average Bonchev–Trinajstić information content (AvgIpc) is 1.53. The molecule has 0 spiro atoms. The van der Waals surface area contributed by atoms with Crippen LogP contribution in [0.2, 0.25) is 0 Å². The summed E-state index contributed by atoms with van der Waals surface area (Å²) in [5.74, 6) is 1.75. The van der Waals surface area contributed by atoms with Crippen molar-refractivity contribution < 1.29 is 42.1 Å². The summed E-state index contributed by atoms with van der Waals surface area (Å²) >= 11 is 0. The molecule has 14 nitrogen and oxygen atoms in total. The molecule has 14 aromatic rings. The fourth-order valence-corrected chi connectivity index (χ4v) is 16.6. The zero-order valence-electron chi connectivity index (χ0n) is 51.5. The van der Waals surface area contributed by atoms with E-state index in [4.69, 9.17) is 30.1 Å². The van der Waals surface area contributed by atoms with E-state index >= 15 is 0 Å². The maximum Gasteiger partial charge on any atom is 0.122 e. The monoisotopic (exact) mass is 1600 g/mol. The minimum Gasteiger partial charge on any atom is -0.581 e. The number of hydrogen-bond donors (Lipinski definition) is 0. The van der Waals surface area contributed by atoms with Crippen LogP contribution in [0.4, 0.5) is 23.0 Å². The van der Waals surface area contributed by atoms with Crippen molar-refractivity contribution in [3.63, 3.8) is 0 Å². The zero-order chi connectivity index (χ0) is 62.3. The van der Waals surface area contributed by atoms with E-state index < -0.39 is 21.9 Å². The van der Waals surface area contributed by atoms with E-state index in [1.165, 1.54) is 11.1 Å². The Morgan fingerprint density at radius 2 is 0.677 bits per heavy atom. The molecule has 4 atom stereocenters. The Morgan fingerprint density at radius 3 is 1.07 bits per heavy atom. The quantitative estimate of drug-likeness (QED) is 0.133. The van der Waals surface area contributed by atoms with Crippen LogP contribution < -0.4 is 29.8 Å². The molecule has 6 aromatic carbocycles. The largest absolute Gasteiger partial charge is 0.581 e. The molecule has 8 aromatic heterocycles. The van der Waals surface area contributed by atoms with E-state index in [1.807, 2.05) is 86.2 Å². The van der Waals surface area contributed by atoms with Gasteiger partial charge in [-0.3, -0.25) is 19.9 Å². The molecule has 6 aliphatic rings. The number of nitrogens with zero attached hydrogens (tertiary/aromatic N) is 14. The second-order valence-corrected chi connectivity index (χ2v) is 24.5. The Labute approximate surface area is 583 Å². The minimum absolute atomic E-state index is 0. The Balaban J connectivity index is 0.000000142. The van der Waals surface area contributed by atoms with E-state index in [1.54, 1.807) is 12.4 Å². The molecule has 4 aliphatic carbocycles. The molecule has 0 amide bonds. The molecule has 0 saturated heterocycles. The van der Waals surface area contributed by atoms with Crippen molar-refractivity contribution in [1.82, 2.24) is 50.3 Å². The van der Waals surface area contributed by atoms with Crippen molar-refractivity contribution >= 4 is 23.0 Å². The van der Waals surface area contributed by atoms with Gasteiger partial charge in [-0.2, -0.15) is 74.3 Å². The van der Waals surface area contributed by atoms with E-state index in [0.717, 1.165) is 135 Å². The number of fused-ring (bicyclic) bond motifs is 14. The van der Waals surface area contributed by atoms with Gasteiger partial charge in [-0.25, -0.2) is 9.97 Å². The molecule has 2 aliphatic heterocycles. The standard InChI is InChI=1S/2C40H26N7.2Pt/c2*1-46-25-47(38-36(46)14-7-18-43-38)40(33-13-5-3-11-29(33)31-16-20-42-24-35(31)40)27-9-6-8-26(22-27)39(37-17-21-44-45-37)32-12-4-2-10-28(32)30-15-19-41-23-34(30)39;;/h2*2-21,23-25H,1H3;;/q2*-3;;. The molecular formula is C80H52N14Pt2-6. The molecule has 16 heteroatoms. The number of hydrogen-bond acceptors (Lipinski definition) is 12. The molecule has 10 heterocycles. The fourth-order valence-electron chi connectivity index (χ4n) is 16.6. The van der Waals surface area contributed by atoms with Gasteiger partial charge in [0, 0.05) is 138 Å². The van der Waals surface area contributed by atoms with E-state index in [0.29, 0.717) is 0 Å². The van der Waals surface area contributed by atoms with E-state index in [9.17, 15) is 0 Å². The molecule has 4 unspecified atom stereocenters. The predicted molar refractivity (Wildman–Crippen MR) is 361 cm³/mol. The van der Waals surface area contributed by atoms with Crippen LogP contribution in [-0.4, -0.2) is 54.2 Å². The Hall–Kier alpha value is -10.8. The van der Waals surface area contributed by atoms with Gasteiger partial charge in [0.05, 0.1) is 21.9 Å². The number of benzene rings is 6. The van der Waals surface area contributed by atoms with Gasteiger partial charge in [-0.15, -0.1) is 22.3 Å². The summed E-state index contributed by atoms with van der Waals surface area (Å²) in [6, 6.07) is 76.2. The topological polar surface area (TPSA) is 144 Å². The minimum atomic E-state index is -0.821. The first kappa shape index (κ1) is 59.0. The van der Waals surface area contributed by atoms with Crippen LogP contribution in [0, 0.1) is 25.5 Å². The van der Waals surface area contributed by atoms with Crippen LogP contribution in [0.5, 0.6) is 0 Å². The Bertz CT molecular complexity index is 4850. The Kier molecular flexibility index (Phi) is 13.8. The third-order valence-electron chi connectivity index (χ3n) is 20.3. The maximum atomic E-state index is 4.96. The summed E-state index contributed by atoms with van der Waals surface area (Å²) in [7, 11) is 4.14. The second-order valence-electron chi connectivity index (χ2n) is 24.5. The molecule has 468 valence electrons. The number of pyridine rings is 6. The van der Waals surface area contributed by atoms with Crippen molar-refractivity contribution in [2.45, 2.75) is 21.9 Å². The normalized spacial score (nSPS) is 19.6. The van der Waals surface area contributed by atoms with Crippen molar-refractivity contribution in [1.29, 1.82) is 0 Å². The molecule has 0 fully saturated rings. The van der Waals surface area contributed by atoms with Gasteiger partial charge < -0.3 is 40.0 Å². The summed E-state index contributed by atoms with van der Waals surface area (Å²) in [6.07, 6.45) is 22.7. The predicted octanol–water partition coefficient (Wildman–Crippen LogP) is 13.5. The van der Waals surface area contributed by atoms with Gasteiger partial charge in [0.2, 0.25) is 0 Å². The number of aromatic nitrogens is 10. The van der Waals surface area contributed by atoms with Crippen molar-refractivity contribution in [3.05, 3.63) is 372 Å². The molecule has 0 N–H and O–H groups in total. The first-order chi connectivity index (χ1) is 46.5. The van der Waals surface area contributed by atoms with Gasteiger partial charge in [0.15, 0.2) is 0 Å². The van der Waals surface area contributed by atoms with Gasteiger partial charge >= 0.3 is 0 Å². The van der Waals surface area contributed by atoms with Crippen molar-refractivity contribution in [2.75, 3.05) is 33.7 Å². The van der Waals surface area contributed by atoms with Crippen molar-refractivity contribution in [3.8, 4) is 44.5 Å². The van der Waals surface area contributed by atoms with Gasteiger partial charge in [0.1, 0.15) is 11.6 Å². The number of anilines is 4. The molecule has 0 bridgehead atoms. The van der Waals surface area contributed by atoms with E-state index in [2.05, 4.69) is 249 Å². The van der Waals surface area contributed by atoms with Crippen LogP contribution in [-0.2, 0) is 64.0 Å². The third kappa shape index (κ3) is 7.76. The smallest absolute Gasteiger partial charge is 0.122 e. The van der Waals surface area contributed by atoms with Crippen LogP contribution >= 0.6 is 0 Å². The maximum absolute atomic E-state index is 4.96. The summed E-state index contributed by atoms with van der Waals surface area (Å²) in [5.41, 5.74) is 22.6. The van der Waals surface area contributed by atoms with Crippen molar-refractivity contribution in [2.24, 2.45) is 0 Å². The Morgan fingerprint density at radius 1 is 0.333 bits per heavy atom. The summed E-state index contributed by atoms with van der Waals surface area (Å²) in [4.78, 5) is 37.5. The van der Waals surface area contributed by atoms with Crippen LogP contribution in [0.25, 0.3) is 44.5 Å². The molecular weight excluding hydrogens is 1550 g/mol.